The maximum atomic E-state index is 13.8. The van der Waals surface area contributed by atoms with E-state index in [0.717, 1.165) is 0 Å². The fourth-order valence-corrected chi connectivity index (χ4v) is 2.13. The molecule has 0 spiro atoms. The molecular weight excluding hydrogens is 267 g/mol. The van der Waals surface area contributed by atoms with Gasteiger partial charge in [-0.2, -0.15) is 0 Å². The van der Waals surface area contributed by atoms with Gasteiger partial charge >= 0.3 is 0 Å². The third-order valence-corrected chi connectivity index (χ3v) is 3.15. The van der Waals surface area contributed by atoms with E-state index >= 15 is 0 Å². The van der Waals surface area contributed by atoms with Gasteiger partial charge in [0, 0.05) is 17.3 Å². The van der Waals surface area contributed by atoms with Crippen LogP contribution in [-0.2, 0) is 4.79 Å². The number of anilines is 1. The third-order valence-electron chi connectivity index (χ3n) is 2.86. The third kappa shape index (κ3) is 2.00. The van der Waals surface area contributed by atoms with Gasteiger partial charge in [0.2, 0.25) is 0 Å². The molecule has 1 aromatic heterocycles. The topological polar surface area (TPSA) is 42.0 Å². The molecule has 1 aromatic carbocycles. The summed E-state index contributed by atoms with van der Waals surface area (Å²) >= 11 is 5.72. The first-order valence-electron chi connectivity index (χ1n) is 5.59. The number of hydrogen-bond donors (Lipinski definition) is 1. The number of hydrogen-bond acceptors (Lipinski definition) is 2. The van der Waals surface area contributed by atoms with Crippen LogP contribution in [0.3, 0.4) is 0 Å². The van der Waals surface area contributed by atoms with Crippen LogP contribution in [0.4, 0.5) is 10.2 Å². The molecule has 5 heteroatoms. The fraction of sp³-hybridized carbons (Fsp3) is 0. The zero-order valence-corrected chi connectivity index (χ0v) is 10.4. The van der Waals surface area contributed by atoms with Crippen molar-refractivity contribution in [3.63, 3.8) is 0 Å². The Hall–Kier alpha value is -2.20. The molecule has 0 bridgehead atoms. The van der Waals surface area contributed by atoms with Crippen molar-refractivity contribution in [2.45, 2.75) is 0 Å². The lowest BCUT2D eigenvalue weighted by Gasteiger charge is -2.01. The quantitative estimate of drug-likeness (QED) is 0.810. The molecular formula is C14H8ClFN2O. The summed E-state index contributed by atoms with van der Waals surface area (Å²) in [4.78, 5) is 15.9. The number of aromatic nitrogens is 1. The van der Waals surface area contributed by atoms with Gasteiger partial charge in [0.05, 0.1) is 10.6 Å². The molecule has 1 amide bonds. The minimum Gasteiger partial charge on any atom is -0.306 e. The number of halogens is 2. The second-order valence-corrected chi connectivity index (χ2v) is 4.46. The van der Waals surface area contributed by atoms with Crippen LogP contribution in [0.2, 0.25) is 5.02 Å². The first-order chi connectivity index (χ1) is 9.16. The zero-order chi connectivity index (χ0) is 13.4. The molecule has 0 fully saturated rings. The Morgan fingerprint density at radius 3 is 2.95 bits per heavy atom. The molecule has 94 valence electrons. The van der Waals surface area contributed by atoms with E-state index in [9.17, 15) is 9.18 Å². The number of nitrogens with zero attached hydrogens (tertiary/aromatic N) is 1. The lowest BCUT2D eigenvalue weighted by atomic mass is 10.1. The number of fused-ring (bicyclic) bond motifs is 1. The standard InChI is InChI=1S/C14H8ClFN2O/c15-11-5-1-3-8(12(11)16)7-10-9-4-2-6-17-13(9)18-14(10)19/h1-7H,(H,17,18,19)/b10-7+. The van der Waals surface area contributed by atoms with E-state index in [1.807, 2.05) is 0 Å². The van der Waals surface area contributed by atoms with Crippen molar-refractivity contribution in [2.75, 3.05) is 5.32 Å². The van der Waals surface area contributed by atoms with Gasteiger partial charge in [-0.15, -0.1) is 0 Å². The number of carbonyl (C=O) groups excluding carboxylic acids is 1. The second kappa shape index (κ2) is 4.48. The number of amides is 1. The predicted octanol–water partition coefficient (Wildman–Crippen LogP) is 3.37. The number of benzene rings is 1. The number of carbonyl (C=O) groups is 1. The fourth-order valence-electron chi connectivity index (χ4n) is 1.95. The highest BCUT2D eigenvalue weighted by molar-refractivity contribution is 6.34. The zero-order valence-electron chi connectivity index (χ0n) is 9.65. The molecule has 2 heterocycles. The highest BCUT2D eigenvalue weighted by atomic mass is 35.5. The number of nitrogens with one attached hydrogen (secondary N) is 1. The van der Waals surface area contributed by atoms with Crippen LogP contribution in [0.25, 0.3) is 11.6 Å². The Bertz CT molecular complexity index is 712. The highest BCUT2D eigenvalue weighted by Gasteiger charge is 2.25. The van der Waals surface area contributed by atoms with Crippen LogP contribution in [-0.4, -0.2) is 10.9 Å². The molecule has 2 aromatic rings. The van der Waals surface area contributed by atoms with Crippen LogP contribution >= 0.6 is 11.6 Å². The predicted molar refractivity (Wildman–Crippen MR) is 72.1 cm³/mol. The van der Waals surface area contributed by atoms with Crippen molar-refractivity contribution in [1.29, 1.82) is 0 Å². The lowest BCUT2D eigenvalue weighted by molar-refractivity contribution is -0.110. The Morgan fingerprint density at radius 1 is 1.26 bits per heavy atom. The first kappa shape index (κ1) is 11.9. The van der Waals surface area contributed by atoms with Gasteiger partial charge in [-0.05, 0) is 24.3 Å². The van der Waals surface area contributed by atoms with E-state index in [2.05, 4.69) is 10.3 Å². The SMILES string of the molecule is O=C1Nc2ncccc2/C1=C\c1cccc(Cl)c1F. The van der Waals surface area contributed by atoms with Crippen LogP contribution in [0, 0.1) is 5.82 Å². The normalized spacial score (nSPS) is 15.5. The van der Waals surface area contributed by atoms with Gasteiger partial charge < -0.3 is 5.32 Å². The van der Waals surface area contributed by atoms with Crippen LogP contribution in [0.5, 0.6) is 0 Å². The smallest absolute Gasteiger partial charge is 0.257 e. The van der Waals surface area contributed by atoms with Gasteiger partial charge in [-0.1, -0.05) is 23.7 Å². The van der Waals surface area contributed by atoms with Crippen LogP contribution < -0.4 is 5.32 Å². The van der Waals surface area contributed by atoms with Gasteiger partial charge in [-0.3, -0.25) is 4.79 Å². The van der Waals surface area contributed by atoms with E-state index < -0.39 is 5.82 Å². The number of rotatable bonds is 1. The molecule has 1 aliphatic heterocycles. The molecule has 1 N–H and O–H groups in total. The average molecular weight is 275 g/mol. The van der Waals surface area contributed by atoms with Crippen molar-refractivity contribution < 1.29 is 9.18 Å². The molecule has 0 aliphatic carbocycles. The maximum absolute atomic E-state index is 13.8. The molecule has 0 atom stereocenters. The Labute approximate surface area is 113 Å². The second-order valence-electron chi connectivity index (χ2n) is 4.05. The van der Waals surface area contributed by atoms with Crippen molar-refractivity contribution in [3.05, 3.63) is 58.5 Å². The Morgan fingerprint density at radius 2 is 2.11 bits per heavy atom. The molecule has 1 aliphatic rings. The lowest BCUT2D eigenvalue weighted by Crippen LogP contribution is -2.04. The minimum atomic E-state index is -0.540. The van der Waals surface area contributed by atoms with Gasteiger partial charge in [0.15, 0.2) is 0 Å². The van der Waals surface area contributed by atoms with E-state index in [1.165, 1.54) is 12.1 Å². The van der Waals surface area contributed by atoms with Gasteiger partial charge in [-0.25, -0.2) is 9.37 Å². The molecule has 3 rings (SSSR count). The molecule has 0 radical (unpaired) electrons. The summed E-state index contributed by atoms with van der Waals surface area (Å²) in [5.41, 5.74) is 1.31. The van der Waals surface area contributed by atoms with E-state index in [4.69, 9.17) is 11.6 Å². The molecule has 3 nitrogen and oxygen atoms in total. The van der Waals surface area contributed by atoms with E-state index in [-0.39, 0.29) is 16.5 Å². The molecule has 19 heavy (non-hydrogen) atoms. The minimum absolute atomic E-state index is 0.0270. The summed E-state index contributed by atoms with van der Waals surface area (Å²) in [6.45, 7) is 0. The Kier molecular flexibility index (Phi) is 2.80. The van der Waals surface area contributed by atoms with E-state index in [1.54, 1.807) is 30.5 Å². The average Bonchev–Trinajstić information content (AvgIpc) is 2.72. The summed E-state index contributed by atoms with van der Waals surface area (Å²) in [5.74, 6) is -0.351. The maximum Gasteiger partial charge on any atom is 0.257 e. The monoisotopic (exact) mass is 274 g/mol. The largest absolute Gasteiger partial charge is 0.306 e. The summed E-state index contributed by atoms with van der Waals surface area (Å²) in [7, 11) is 0. The van der Waals surface area contributed by atoms with Crippen LogP contribution in [0.15, 0.2) is 36.5 Å². The van der Waals surface area contributed by atoms with Crippen molar-refractivity contribution in [1.82, 2.24) is 4.98 Å². The van der Waals surface area contributed by atoms with Crippen LogP contribution in [0.1, 0.15) is 11.1 Å². The molecule has 0 unspecified atom stereocenters. The van der Waals surface area contributed by atoms with Gasteiger partial charge in [0.1, 0.15) is 11.6 Å². The summed E-state index contributed by atoms with van der Waals surface area (Å²) in [5, 5.41) is 2.66. The number of pyridine rings is 1. The summed E-state index contributed by atoms with van der Waals surface area (Å²) < 4.78 is 13.8. The summed E-state index contributed by atoms with van der Waals surface area (Å²) in [6.07, 6.45) is 3.06. The highest BCUT2D eigenvalue weighted by Crippen LogP contribution is 2.32. The van der Waals surface area contributed by atoms with Gasteiger partial charge in [0.25, 0.3) is 5.91 Å². The van der Waals surface area contributed by atoms with Crippen molar-refractivity contribution in [2.24, 2.45) is 0 Å². The molecule has 0 saturated carbocycles. The van der Waals surface area contributed by atoms with Crippen molar-refractivity contribution in [3.8, 4) is 0 Å². The van der Waals surface area contributed by atoms with E-state index in [0.29, 0.717) is 17.0 Å². The first-order valence-corrected chi connectivity index (χ1v) is 5.97. The molecule has 0 saturated heterocycles. The summed E-state index contributed by atoms with van der Waals surface area (Å²) in [6, 6.07) is 8.14. The van der Waals surface area contributed by atoms with Crippen molar-refractivity contribution >= 4 is 35.0 Å². The Balaban J connectivity index is 2.14.